The molecular weight excluding hydrogens is 505 g/mol. The molecular formula is C26H21Cl2N3O5. The van der Waals surface area contributed by atoms with E-state index in [-0.39, 0.29) is 28.1 Å². The topological polar surface area (TPSA) is 97.0 Å². The molecule has 3 aromatic carbocycles. The monoisotopic (exact) mass is 525 g/mol. The molecule has 0 aromatic heterocycles. The zero-order valence-electron chi connectivity index (χ0n) is 19.5. The van der Waals surface area contributed by atoms with Crippen LogP contribution in [0.25, 0.3) is 0 Å². The number of amides is 3. The average molecular weight is 526 g/mol. The molecule has 2 N–H and O–H groups in total. The van der Waals surface area contributed by atoms with Gasteiger partial charge in [0.15, 0.2) is 0 Å². The van der Waals surface area contributed by atoms with E-state index in [9.17, 15) is 14.4 Å². The predicted molar refractivity (Wildman–Crippen MR) is 139 cm³/mol. The number of rotatable bonds is 7. The largest absolute Gasteiger partial charge is 0.497 e. The smallest absolute Gasteiger partial charge is 0.283 e. The fraction of sp³-hybridized carbons (Fsp3) is 0.115. The van der Waals surface area contributed by atoms with E-state index in [0.29, 0.717) is 27.7 Å². The Balaban J connectivity index is 1.56. The number of imide groups is 1. The molecule has 0 fully saturated rings. The van der Waals surface area contributed by atoms with Crippen LogP contribution in [0.15, 0.2) is 71.4 Å². The van der Waals surface area contributed by atoms with E-state index < -0.39 is 11.8 Å². The van der Waals surface area contributed by atoms with Gasteiger partial charge in [-0.2, -0.15) is 0 Å². The highest BCUT2D eigenvalue weighted by Crippen LogP contribution is 2.37. The van der Waals surface area contributed by atoms with Crippen molar-refractivity contribution in [2.75, 3.05) is 29.8 Å². The van der Waals surface area contributed by atoms with Crippen LogP contribution in [0, 0.1) is 6.92 Å². The summed E-state index contributed by atoms with van der Waals surface area (Å²) in [6, 6.07) is 16.3. The van der Waals surface area contributed by atoms with Crippen molar-refractivity contribution in [2.45, 2.75) is 6.92 Å². The molecule has 0 bridgehead atoms. The summed E-state index contributed by atoms with van der Waals surface area (Å²) in [5.74, 6) is -0.976. The Kier molecular flexibility index (Phi) is 7.19. The van der Waals surface area contributed by atoms with Gasteiger partial charge in [0.25, 0.3) is 17.7 Å². The number of nitrogens with zero attached hydrogens (tertiary/aromatic N) is 1. The molecule has 184 valence electrons. The SMILES string of the molecule is COc1ccc(N2C(=O)C(Cl)=C(Nc3cccc(C(=O)Nc4ccc(Cl)cc4C)c3)C2=O)c(OC)c1. The van der Waals surface area contributed by atoms with Crippen molar-refractivity contribution in [2.24, 2.45) is 0 Å². The second-order valence-electron chi connectivity index (χ2n) is 7.79. The first-order chi connectivity index (χ1) is 17.2. The molecule has 0 spiro atoms. The quantitative estimate of drug-likeness (QED) is 0.403. The number of hydrogen-bond acceptors (Lipinski definition) is 6. The standard InChI is InChI=1S/C26H21Cl2N3O5/c1-14-11-16(27)7-9-19(14)30-24(32)15-5-4-6-17(12-15)29-23-22(28)25(33)31(26(23)34)20-10-8-18(35-2)13-21(20)36-3/h4-13,29H,1-3H3,(H,30,32). The van der Waals surface area contributed by atoms with Gasteiger partial charge in [0.1, 0.15) is 22.2 Å². The van der Waals surface area contributed by atoms with Gasteiger partial charge in [-0.05, 0) is 61.0 Å². The number of carbonyl (C=O) groups excluding carboxylic acids is 3. The summed E-state index contributed by atoms with van der Waals surface area (Å²) in [5, 5.41) is 6.00. The zero-order chi connectivity index (χ0) is 26.0. The molecule has 1 heterocycles. The number of methoxy groups -OCH3 is 2. The van der Waals surface area contributed by atoms with Crippen molar-refractivity contribution in [3.63, 3.8) is 0 Å². The minimum Gasteiger partial charge on any atom is -0.497 e. The highest BCUT2D eigenvalue weighted by molar-refractivity contribution is 6.53. The Morgan fingerprint density at radius 2 is 1.69 bits per heavy atom. The van der Waals surface area contributed by atoms with Gasteiger partial charge in [0.2, 0.25) is 0 Å². The van der Waals surface area contributed by atoms with Gasteiger partial charge in [-0.15, -0.1) is 0 Å². The van der Waals surface area contributed by atoms with Gasteiger partial charge in [0, 0.05) is 28.0 Å². The Bertz CT molecular complexity index is 1420. The summed E-state index contributed by atoms with van der Waals surface area (Å²) in [6.45, 7) is 1.83. The molecule has 1 aliphatic heterocycles. The minimum atomic E-state index is -0.709. The van der Waals surface area contributed by atoms with E-state index in [2.05, 4.69) is 10.6 Å². The van der Waals surface area contributed by atoms with Crippen molar-refractivity contribution >= 4 is 58.0 Å². The molecule has 36 heavy (non-hydrogen) atoms. The zero-order valence-corrected chi connectivity index (χ0v) is 21.0. The number of halogens is 2. The first kappa shape index (κ1) is 25.1. The van der Waals surface area contributed by atoms with E-state index in [1.807, 2.05) is 6.92 Å². The van der Waals surface area contributed by atoms with Gasteiger partial charge in [0.05, 0.1) is 19.9 Å². The average Bonchev–Trinajstić information content (AvgIpc) is 3.08. The molecule has 0 atom stereocenters. The first-order valence-electron chi connectivity index (χ1n) is 10.7. The highest BCUT2D eigenvalue weighted by Gasteiger charge is 2.40. The van der Waals surface area contributed by atoms with Crippen LogP contribution >= 0.6 is 23.2 Å². The van der Waals surface area contributed by atoms with Gasteiger partial charge >= 0.3 is 0 Å². The molecule has 3 amide bonds. The van der Waals surface area contributed by atoms with Crippen molar-refractivity contribution in [3.8, 4) is 11.5 Å². The second kappa shape index (κ2) is 10.3. The van der Waals surface area contributed by atoms with Crippen LogP contribution in [-0.2, 0) is 9.59 Å². The van der Waals surface area contributed by atoms with Crippen LogP contribution in [0.2, 0.25) is 5.02 Å². The van der Waals surface area contributed by atoms with E-state index in [4.69, 9.17) is 32.7 Å². The summed E-state index contributed by atoms with van der Waals surface area (Å²) in [4.78, 5) is 39.8. The minimum absolute atomic E-state index is 0.120. The summed E-state index contributed by atoms with van der Waals surface area (Å²) < 4.78 is 10.5. The number of aryl methyl sites for hydroxylation is 1. The lowest BCUT2D eigenvalue weighted by Crippen LogP contribution is -2.32. The third-order valence-corrected chi connectivity index (χ3v) is 6.07. The number of nitrogens with one attached hydrogen (secondary N) is 2. The molecule has 0 unspecified atom stereocenters. The maximum Gasteiger partial charge on any atom is 0.283 e. The Hall–Kier alpha value is -4.01. The maximum absolute atomic E-state index is 13.2. The second-order valence-corrected chi connectivity index (χ2v) is 8.61. The van der Waals surface area contributed by atoms with Gasteiger partial charge in [-0.1, -0.05) is 29.3 Å². The van der Waals surface area contributed by atoms with E-state index in [1.165, 1.54) is 20.3 Å². The number of anilines is 3. The molecule has 3 aromatic rings. The maximum atomic E-state index is 13.2. The van der Waals surface area contributed by atoms with Crippen LogP contribution in [0.1, 0.15) is 15.9 Å². The van der Waals surface area contributed by atoms with E-state index in [0.717, 1.165) is 10.5 Å². The Labute approximate surface area is 217 Å². The lowest BCUT2D eigenvalue weighted by Gasteiger charge is -2.18. The third kappa shape index (κ3) is 4.86. The summed E-state index contributed by atoms with van der Waals surface area (Å²) >= 11 is 12.2. The summed E-state index contributed by atoms with van der Waals surface area (Å²) in [7, 11) is 2.91. The van der Waals surface area contributed by atoms with E-state index in [1.54, 1.807) is 54.6 Å². The normalized spacial score (nSPS) is 13.2. The Morgan fingerprint density at radius 3 is 2.39 bits per heavy atom. The fourth-order valence-electron chi connectivity index (χ4n) is 3.64. The van der Waals surface area contributed by atoms with E-state index >= 15 is 0 Å². The third-order valence-electron chi connectivity index (χ3n) is 5.49. The lowest BCUT2D eigenvalue weighted by molar-refractivity contribution is -0.120. The molecule has 0 radical (unpaired) electrons. The van der Waals surface area contributed by atoms with Gasteiger partial charge < -0.3 is 20.1 Å². The van der Waals surface area contributed by atoms with Crippen LogP contribution < -0.4 is 25.0 Å². The predicted octanol–water partition coefficient (Wildman–Crippen LogP) is 5.35. The van der Waals surface area contributed by atoms with Crippen molar-refractivity contribution in [1.82, 2.24) is 0 Å². The first-order valence-corrected chi connectivity index (χ1v) is 11.4. The summed E-state index contributed by atoms with van der Waals surface area (Å²) in [6.07, 6.45) is 0. The molecule has 0 saturated carbocycles. The molecule has 0 saturated heterocycles. The van der Waals surface area contributed by atoms with Crippen LogP contribution in [0.5, 0.6) is 11.5 Å². The molecule has 4 rings (SSSR count). The molecule has 8 nitrogen and oxygen atoms in total. The summed E-state index contributed by atoms with van der Waals surface area (Å²) in [5.41, 5.74) is 2.26. The van der Waals surface area contributed by atoms with Crippen molar-refractivity contribution < 1.29 is 23.9 Å². The van der Waals surface area contributed by atoms with Gasteiger partial charge in [-0.25, -0.2) is 4.90 Å². The van der Waals surface area contributed by atoms with Crippen LogP contribution in [-0.4, -0.2) is 31.9 Å². The number of ether oxygens (including phenoxy) is 2. The lowest BCUT2D eigenvalue weighted by atomic mass is 10.1. The Morgan fingerprint density at radius 1 is 0.917 bits per heavy atom. The van der Waals surface area contributed by atoms with Crippen molar-refractivity contribution in [3.05, 3.63) is 87.5 Å². The molecule has 10 heteroatoms. The van der Waals surface area contributed by atoms with Crippen molar-refractivity contribution in [1.29, 1.82) is 0 Å². The highest BCUT2D eigenvalue weighted by atomic mass is 35.5. The van der Waals surface area contributed by atoms with Crippen LogP contribution in [0.4, 0.5) is 17.1 Å². The van der Waals surface area contributed by atoms with Crippen LogP contribution in [0.3, 0.4) is 0 Å². The number of benzene rings is 3. The molecule has 1 aliphatic rings. The fourth-order valence-corrected chi connectivity index (χ4v) is 4.08. The molecule has 0 aliphatic carbocycles. The number of carbonyl (C=O) groups is 3. The van der Waals surface area contributed by atoms with Gasteiger partial charge in [-0.3, -0.25) is 14.4 Å². The number of hydrogen-bond donors (Lipinski definition) is 2.